The summed E-state index contributed by atoms with van der Waals surface area (Å²) < 4.78 is 6.02. The van der Waals surface area contributed by atoms with E-state index >= 15 is 0 Å². The Balaban J connectivity index is 2.79. The van der Waals surface area contributed by atoms with Crippen molar-refractivity contribution in [2.75, 3.05) is 7.11 Å². The van der Waals surface area contributed by atoms with E-state index < -0.39 is 0 Å². The first kappa shape index (κ1) is 8.51. The van der Waals surface area contributed by atoms with Crippen LogP contribution in [0.1, 0.15) is 0 Å². The maximum absolute atomic E-state index is 5.20. The average molecular weight is 238 g/mol. The summed E-state index contributed by atoms with van der Waals surface area (Å²) in [6.45, 7) is 0. The van der Waals surface area contributed by atoms with Crippen molar-refractivity contribution in [1.82, 2.24) is 4.98 Å². The molecular weight excluding hydrogens is 230 g/mol. The fraction of sp³-hybridized carbons (Fsp3) is 0.100. The molecule has 0 amide bonds. The molecule has 0 fully saturated rings. The Morgan fingerprint density at radius 1 is 1.23 bits per heavy atom. The van der Waals surface area contributed by atoms with Gasteiger partial charge in [-0.15, -0.1) is 0 Å². The first-order chi connectivity index (χ1) is 6.31. The molecule has 3 heteroatoms. The van der Waals surface area contributed by atoms with Crippen molar-refractivity contribution in [1.29, 1.82) is 0 Å². The second kappa shape index (κ2) is 3.34. The molecule has 0 saturated carbocycles. The van der Waals surface area contributed by atoms with Crippen molar-refractivity contribution in [3.8, 4) is 5.75 Å². The van der Waals surface area contributed by atoms with Gasteiger partial charge >= 0.3 is 0 Å². The molecule has 0 atom stereocenters. The average Bonchev–Trinajstić information content (AvgIpc) is 2.17. The standard InChI is InChI=1S/C10H8BrNO/c1-13-8-4-2-3-7-5-6-9(11)12-10(7)8/h2-6H,1H3. The first-order valence-electron chi connectivity index (χ1n) is 3.90. The summed E-state index contributed by atoms with van der Waals surface area (Å²) in [5.74, 6) is 0.804. The van der Waals surface area contributed by atoms with Gasteiger partial charge < -0.3 is 4.74 Å². The third-order valence-corrected chi connectivity index (χ3v) is 2.31. The summed E-state index contributed by atoms with van der Waals surface area (Å²) in [5.41, 5.74) is 0.888. The lowest BCUT2D eigenvalue weighted by Crippen LogP contribution is -1.87. The summed E-state index contributed by atoms with van der Waals surface area (Å²) in [7, 11) is 1.65. The van der Waals surface area contributed by atoms with Gasteiger partial charge in [-0.1, -0.05) is 12.1 Å². The molecule has 1 heterocycles. The molecule has 1 aromatic carbocycles. The molecule has 2 aromatic rings. The van der Waals surface area contributed by atoms with Crippen LogP contribution in [0.15, 0.2) is 34.9 Å². The largest absolute Gasteiger partial charge is 0.494 e. The van der Waals surface area contributed by atoms with E-state index in [9.17, 15) is 0 Å². The maximum atomic E-state index is 5.20. The lowest BCUT2D eigenvalue weighted by atomic mass is 10.2. The number of hydrogen-bond donors (Lipinski definition) is 0. The van der Waals surface area contributed by atoms with Gasteiger partial charge in [-0.3, -0.25) is 0 Å². The Morgan fingerprint density at radius 3 is 2.85 bits per heavy atom. The van der Waals surface area contributed by atoms with Crippen molar-refractivity contribution < 1.29 is 4.74 Å². The fourth-order valence-electron chi connectivity index (χ4n) is 1.26. The number of halogens is 1. The Labute approximate surface area is 84.7 Å². The van der Waals surface area contributed by atoms with Gasteiger partial charge in [-0.25, -0.2) is 4.98 Å². The molecule has 0 saturated heterocycles. The Morgan fingerprint density at radius 2 is 2.08 bits per heavy atom. The number of aromatic nitrogens is 1. The highest BCUT2D eigenvalue weighted by molar-refractivity contribution is 9.10. The number of nitrogens with zero attached hydrogens (tertiary/aromatic N) is 1. The van der Waals surface area contributed by atoms with Crippen molar-refractivity contribution in [2.24, 2.45) is 0 Å². The zero-order chi connectivity index (χ0) is 9.26. The Hall–Kier alpha value is -1.09. The van der Waals surface area contributed by atoms with Crippen LogP contribution in [-0.4, -0.2) is 12.1 Å². The quantitative estimate of drug-likeness (QED) is 0.712. The summed E-state index contributed by atoms with van der Waals surface area (Å²) in [6, 6.07) is 9.80. The number of rotatable bonds is 1. The number of ether oxygens (including phenoxy) is 1. The van der Waals surface area contributed by atoms with Gasteiger partial charge in [-0.2, -0.15) is 0 Å². The van der Waals surface area contributed by atoms with Crippen molar-refractivity contribution >= 4 is 26.8 Å². The van der Waals surface area contributed by atoms with Crippen LogP contribution < -0.4 is 4.74 Å². The van der Waals surface area contributed by atoms with Crippen LogP contribution in [0.3, 0.4) is 0 Å². The lowest BCUT2D eigenvalue weighted by Gasteiger charge is -2.03. The minimum Gasteiger partial charge on any atom is -0.494 e. The Bertz CT molecular complexity index is 442. The van der Waals surface area contributed by atoms with E-state index in [1.54, 1.807) is 7.11 Å². The highest BCUT2D eigenvalue weighted by atomic mass is 79.9. The Kier molecular flexibility index (Phi) is 2.19. The number of hydrogen-bond acceptors (Lipinski definition) is 2. The molecule has 2 rings (SSSR count). The van der Waals surface area contributed by atoms with E-state index in [1.807, 2.05) is 30.3 Å². The van der Waals surface area contributed by atoms with Gasteiger partial charge in [0.2, 0.25) is 0 Å². The molecular formula is C10H8BrNO. The molecule has 0 radical (unpaired) electrons. The predicted molar refractivity (Wildman–Crippen MR) is 56.0 cm³/mol. The van der Waals surface area contributed by atoms with Gasteiger partial charge in [0.25, 0.3) is 0 Å². The van der Waals surface area contributed by atoms with Gasteiger partial charge in [0.05, 0.1) is 7.11 Å². The van der Waals surface area contributed by atoms with E-state index in [1.165, 1.54) is 0 Å². The van der Waals surface area contributed by atoms with E-state index in [0.29, 0.717) is 0 Å². The third kappa shape index (κ3) is 1.52. The molecule has 2 nitrogen and oxygen atoms in total. The number of para-hydroxylation sites is 1. The number of fused-ring (bicyclic) bond motifs is 1. The molecule has 1 aromatic heterocycles. The van der Waals surface area contributed by atoms with E-state index in [2.05, 4.69) is 20.9 Å². The summed E-state index contributed by atoms with van der Waals surface area (Å²) >= 11 is 3.33. The fourth-order valence-corrected chi connectivity index (χ4v) is 1.57. The monoisotopic (exact) mass is 237 g/mol. The van der Waals surface area contributed by atoms with Gasteiger partial charge in [0.15, 0.2) is 0 Å². The minimum atomic E-state index is 0.804. The highest BCUT2D eigenvalue weighted by Crippen LogP contribution is 2.24. The predicted octanol–water partition coefficient (Wildman–Crippen LogP) is 3.01. The van der Waals surface area contributed by atoms with Crippen molar-refractivity contribution in [3.63, 3.8) is 0 Å². The number of benzene rings is 1. The van der Waals surface area contributed by atoms with Crippen LogP contribution in [0.5, 0.6) is 5.75 Å². The van der Waals surface area contributed by atoms with E-state index in [4.69, 9.17) is 4.74 Å². The molecule has 0 N–H and O–H groups in total. The SMILES string of the molecule is COc1cccc2ccc(Br)nc12. The normalized spacial score (nSPS) is 10.3. The van der Waals surface area contributed by atoms with Crippen LogP contribution in [0, 0.1) is 0 Å². The lowest BCUT2D eigenvalue weighted by molar-refractivity contribution is 0.419. The number of methoxy groups -OCH3 is 1. The number of pyridine rings is 1. The molecule has 0 aliphatic carbocycles. The summed E-state index contributed by atoms with van der Waals surface area (Å²) in [6.07, 6.45) is 0. The topological polar surface area (TPSA) is 22.1 Å². The summed E-state index contributed by atoms with van der Waals surface area (Å²) in [5, 5.41) is 1.09. The van der Waals surface area contributed by atoms with Crippen molar-refractivity contribution in [2.45, 2.75) is 0 Å². The highest BCUT2D eigenvalue weighted by Gasteiger charge is 2.01. The van der Waals surface area contributed by atoms with Crippen molar-refractivity contribution in [3.05, 3.63) is 34.9 Å². The molecule has 0 bridgehead atoms. The van der Waals surface area contributed by atoms with Gasteiger partial charge in [0.1, 0.15) is 15.9 Å². The van der Waals surface area contributed by atoms with Gasteiger partial charge in [0, 0.05) is 5.39 Å². The zero-order valence-corrected chi connectivity index (χ0v) is 8.71. The summed E-state index contributed by atoms with van der Waals surface area (Å²) in [4.78, 5) is 4.34. The van der Waals surface area contributed by atoms with E-state index in [-0.39, 0.29) is 0 Å². The second-order valence-corrected chi connectivity index (χ2v) is 3.48. The van der Waals surface area contributed by atoms with Gasteiger partial charge in [-0.05, 0) is 34.1 Å². The molecule has 0 spiro atoms. The minimum absolute atomic E-state index is 0.804. The smallest absolute Gasteiger partial charge is 0.145 e. The van der Waals surface area contributed by atoms with Crippen LogP contribution in [-0.2, 0) is 0 Å². The van der Waals surface area contributed by atoms with Crippen LogP contribution >= 0.6 is 15.9 Å². The molecule has 0 aliphatic heterocycles. The van der Waals surface area contributed by atoms with Crippen LogP contribution in [0.2, 0.25) is 0 Å². The second-order valence-electron chi connectivity index (χ2n) is 2.67. The molecule has 0 unspecified atom stereocenters. The zero-order valence-electron chi connectivity index (χ0n) is 7.12. The van der Waals surface area contributed by atoms with Crippen LogP contribution in [0.4, 0.5) is 0 Å². The molecule has 66 valence electrons. The molecule has 0 aliphatic rings. The van der Waals surface area contributed by atoms with E-state index in [0.717, 1.165) is 21.3 Å². The molecule has 13 heavy (non-hydrogen) atoms. The first-order valence-corrected chi connectivity index (χ1v) is 4.70. The third-order valence-electron chi connectivity index (χ3n) is 1.87. The maximum Gasteiger partial charge on any atom is 0.145 e. The van der Waals surface area contributed by atoms with Crippen LogP contribution in [0.25, 0.3) is 10.9 Å².